The van der Waals surface area contributed by atoms with Crippen LogP contribution in [0.4, 0.5) is 0 Å². The number of aliphatic carboxylic acids is 1. The molecule has 1 rings (SSSR count). The average Bonchev–Trinajstić information content (AvgIpc) is 2.52. The number of nitrogens with one attached hydrogen (secondary N) is 1. The number of amides is 1. The molecule has 122 valence electrons. The summed E-state index contributed by atoms with van der Waals surface area (Å²) in [4.78, 5) is 22.3. The zero-order valence-corrected chi connectivity index (χ0v) is 12.7. The quantitative estimate of drug-likeness (QED) is 0.671. The molecule has 0 spiro atoms. The van der Waals surface area contributed by atoms with E-state index in [1.165, 1.54) is 7.11 Å². The van der Waals surface area contributed by atoms with Crippen molar-refractivity contribution in [3.05, 3.63) is 24.3 Å². The van der Waals surface area contributed by atoms with Gasteiger partial charge in [0.05, 0.1) is 13.2 Å². The van der Waals surface area contributed by atoms with E-state index in [1.54, 1.807) is 24.3 Å². The summed E-state index contributed by atoms with van der Waals surface area (Å²) in [6, 6.07) is 6.92. The number of benzene rings is 1. The second kappa shape index (κ2) is 9.62. The number of hydrogen-bond acceptors (Lipinski definition) is 5. The molecule has 0 aliphatic carbocycles. The van der Waals surface area contributed by atoms with Crippen molar-refractivity contribution in [2.75, 3.05) is 26.9 Å². The van der Waals surface area contributed by atoms with E-state index in [4.69, 9.17) is 19.3 Å². The Hall–Kier alpha value is -2.28. The second-order valence-corrected chi connectivity index (χ2v) is 4.48. The maximum absolute atomic E-state index is 11.6. The molecule has 0 radical (unpaired) electrons. The fourth-order valence-electron chi connectivity index (χ4n) is 1.53. The average molecular weight is 311 g/mol. The highest BCUT2D eigenvalue weighted by Gasteiger charge is 2.17. The molecular weight excluding hydrogens is 290 g/mol. The van der Waals surface area contributed by atoms with Crippen molar-refractivity contribution >= 4 is 11.9 Å². The molecule has 0 aliphatic rings. The lowest BCUT2D eigenvalue weighted by Crippen LogP contribution is -2.39. The summed E-state index contributed by atoms with van der Waals surface area (Å²) >= 11 is 0. The van der Waals surface area contributed by atoms with Crippen molar-refractivity contribution in [3.8, 4) is 11.5 Å². The van der Waals surface area contributed by atoms with Crippen LogP contribution >= 0.6 is 0 Å². The molecule has 7 heteroatoms. The highest BCUT2D eigenvalue weighted by molar-refractivity contribution is 5.79. The number of hydrogen-bond donors (Lipinski definition) is 2. The van der Waals surface area contributed by atoms with E-state index in [1.807, 2.05) is 6.92 Å². The summed E-state index contributed by atoms with van der Waals surface area (Å²) in [5.74, 6) is -0.287. The van der Waals surface area contributed by atoms with Gasteiger partial charge in [0.25, 0.3) is 5.91 Å². The van der Waals surface area contributed by atoms with Crippen molar-refractivity contribution in [2.24, 2.45) is 0 Å². The monoisotopic (exact) mass is 311 g/mol. The van der Waals surface area contributed by atoms with Crippen LogP contribution in [0.25, 0.3) is 0 Å². The SMILES string of the molecule is CCCOc1ccc(OCC(=O)NCC(OC)C(=O)O)cc1. The van der Waals surface area contributed by atoms with E-state index in [0.717, 1.165) is 12.2 Å². The first-order chi connectivity index (χ1) is 10.6. The first-order valence-electron chi connectivity index (χ1n) is 6.94. The van der Waals surface area contributed by atoms with Crippen molar-refractivity contribution in [1.29, 1.82) is 0 Å². The predicted molar refractivity (Wildman–Crippen MR) is 79.2 cm³/mol. The Labute approximate surface area is 129 Å². The van der Waals surface area contributed by atoms with Crippen LogP contribution in [0.2, 0.25) is 0 Å². The number of carboxylic acid groups (broad SMARTS) is 1. The Balaban J connectivity index is 2.33. The van der Waals surface area contributed by atoms with Crippen molar-refractivity contribution < 1.29 is 28.9 Å². The summed E-state index contributed by atoms with van der Waals surface area (Å²) in [5, 5.41) is 11.2. The van der Waals surface area contributed by atoms with Crippen molar-refractivity contribution in [1.82, 2.24) is 5.32 Å². The van der Waals surface area contributed by atoms with Gasteiger partial charge in [-0.3, -0.25) is 4.79 Å². The molecule has 22 heavy (non-hydrogen) atoms. The van der Waals surface area contributed by atoms with Crippen LogP contribution in [-0.4, -0.2) is 50.0 Å². The van der Waals surface area contributed by atoms with E-state index in [9.17, 15) is 9.59 Å². The molecule has 2 N–H and O–H groups in total. The van der Waals surface area contributed by atoms with Gasteiger partial charge in [0, 0.05) is 7.11 Å². The van der Waals surface area contributed by atoms with Gasteiger partial charge in [-0.2, -0.15) is 0 Å². The number of ether oxygens (including phenoxy) is 3. The maximum atomic E-state index is 11.6. The molecule has 1 aromatic carbocycles. The number of carboxylic acids is 1. The van der Waals surface area contributed by atoms with Gasteiger partial charge in [-0.1, -0.05) is 6.92 Å². The Morgan fingerprint density at radius 2 is 1.77 bits per heavy atom. The van der Waals surface area contributed by atoms with Gasteiger partial charge in [-0.05, 0) is 30.7 Å². The van der Waals surface area contributed by atoms with Gasteiger partial charge in [-0.15, -0.1) is 0 Å². The maximum Gasteiger partial charge on any atom is 0.334 e. The summed E-state index contributed by atoms with van der Waals surface area (Å²) in [6.07, 6.45) is -0.143. The fourth-order valence-corrected chi connectivity index (χ4v) is 1.53. The standard InChI is InChI=1S/C15H21NO6/c1-3-8-21-11-4-6-12(7-5-11)22-10-14(17)16-9-13(20-2)15(18)19/h4-7,13H,3,8-10H2,1-2H3,(H,16,17)(H,18,19). The fraction of sp³-hybridized carbons (Fsp3) is 0.467. The Morgan fingerprint density at radius 1 is 1.18 bits per heavy atom. The molecule has 1 atom stereocenters. The van der Waals surface area contributed by atoms with Crippen LogP contribution in [0, 0.1) is 0 Å². The highest BCUT2D eigenvalue weighted by atomic mass is 16.5. The predicted octanol–water partition coefficient (Wildman–Crippen LogP) is 1.07. The van der Waals surface area contributed by atoms with Gasteiger partial charge in [0.1, 0.15) is 11.5 Å². The third-order valence-corrected chi connectivity index (χ3v) is 2.71. The Morgan fingerprint density at radius 3 is 2.27 bits per heavy atom. The van der Waals surface area contributed by atoms with Crippen molar-refractivity contribution in [2.45, 2.75) is 19.4 Å². The van der Waals surface area contributed by atoms with Gasteiger partial charge in [-0.25, -0.2) is 4.79 Å². The zero-order valence-electron chi connectivity index (χ0n) is 12.7. The molecular formula is C15H21NO6. The summed E-state index contributed by atoms with van der Waals surface area (Å²) < 4.78 is 15.4. The topological polar surface area (TPSA) is 94.1 Å². The van der Waals surface area contributed by atoms with E-state index >= 15 is 0 Å². The third kappa shape index (κ3) is 6.45. The van der Waals surface area contributed by atoms with E-state index in [2.05, 4.69) is 5.32 Å². The first-order valence-corrected chi connectivity index (χ1v) is 6.94. The zero-order chi connectivity index (χ0) is 16.4. The molecule has 0 bridgehead atoms. The highest BCUT2D eigenvalue weighted by Crippen LogP contribution is 2.17. The van der Waals surface area contributed by atoms with E-state index in [-0.39, 0.29) is 13.2 Å². The van der Waals surface area contributed by atoms with Crippen LogP contribution in [0.5, 0.6) is 11.5 Å². The van der Waals surface area contributed by atoms with E-state index < -0.39 is 18.0 Å². The minimum Gasteiger partial charge on any atom is -0.494 e. The van der Waals surface area contributed by atoms with Gasteiger partial charge in [0.2, 0.25) is 0 Å². The lowest BCUT2D eigenvalue weighted by atomic mass is 10.3. The molecule has 1 amide bonds. The van der Waals surface area contributed by atoms with Gasteiger partial charge in [0.15, 0.2) is 12.7 Å². The summed E-state index contributed by atoms with van der Waals surface area (Å²) in [6.45, 7) is 2.35. The van der Waals surface area contributed by atoms with Crippen LogP contribution in [0.15, 0.2) is 24.3 Å². The molecule has 0 aliphatic heterocycles. The largest absolute Gasteiger partial charge is 0.494 e. The molecule has 0 heterocycles. The lowest BCUT2D eigenvalue weighted by Gasteiger charge is -2.12. The first kappa shape index (κ1) is 17.8. The summed E-state index contributed by atoms with van der Waals surface area (Å²) in [5.41, 5.74) is 0. The normalized spacial score (nSPS) is 11.5. The second-order valence-electron chi connectivity index (χ2n) is 4.48. The molecule has 1 aromatic rings. The number of carbonyl (C=O) groups excluding carboxylic acids is 1. The van der Waals surface area contributed by atoms with Crippen LogP contribution in [0.1, 0.15) is 13.3 Å². The number of carbonyl (C=O) groups is 2. The Bertz CT molecular complexity index is 473. The molecule has 0 saturated carbocycles. The Kier molecular flexibility index (Phi) is 7.77. The van der Waals surface area contributed by atoms with Crippen LogP contribution in [-0.2, 0) is 14.3 Å². The van der Waals surface area contributed by atoms with Gasteiger partial charge >= 0.3 is 5.97 Å². The van der Waals surface area contributed by atoms with Crippen molar-refractivity contribution in [3.63, 3.8) is 0 Å². The smallest absolute Gasteiger partial charge is 0.334 e. The van der Waals surface area contributed by atoms with Crippen LogP contribution < -0.4 is 14.8 Å². The number of rotatable bonds is 10. The number of methoxy groups -OCH3 is 1. The minimum atomic E-state index is -1.13. The molecule has 0 fully saturated rings. The molecule has 0 saturated heterocycles. The molecule has 0 aromatic heterocycles. The van der Waals surface area contributed by atoms with E-state index in [0.29, 0.717) is 12.4 Å². The molecule has 7 nitrogen and oxygen atoms in total. The third-order valence-electron chi connectivity index (χ3n) is 2.71. The lowest BCUT2D eigenvalue weighted by molar-refractivity contribution is -0.148. The minimum absolute atomic E-state index is 0.113. The molecule has 1 unspecified atom stereocenters. The summed E-state index contributed by atoms with van der Waals surface area (Å²) in [7, 11) is 1.27. The van der Waals surface area contributed by atoms with Gasteiger partial charge < -0.3 is 24.6 Å². The van der Waals surface area contributed by atoms with Crippen LogP contribution in [0.3, 0.4) is 0 Å².